The maximum atomic E-state index is 14.5. The Bertz CT molecular complexity index is 837. The number of nitrogens with one attached hydrogen (secondary N) is 2. The molecule has 4 rings (SSSR count). The number of carbonyl (C=O) groups excluding carboxylic acids is 1. The van der Waals surface area contributed by atoms with Gasteiger partial charge < -0.3 is 15.4 Å². The molecular formula is C23H31FN4O2. The Labute approximate surface area is 177 Å². The molecule has 2 aliphatic rings. The van der Waals surface area contributed by atoms with Gasteiger partial charge in [-0.05, 0) is 74.4 Å². The predicted molar refractivity (Wildman–Crippen MR) is 113 cm³/mol. The van der Waals surface area contributed by atoms with Crippen LogP contribution >= 0.6 is 0 Å². The number of rotatable bonds is 6. The Balaban J connectivity index is 1.83. The van der Waals surface area contributed by atoms with Crippen molar-refractivity contribution in [2.24, 2.45) is 11.8 Å². The Morgan fingerprint density at radius 3 is 2.83 bits per heavy atom. The molecule has 1 saturated carbocycles. The number of piperidine rings is 1. The number of benzene rings is 1. The summed E-state index contributed by atoms with van der Waals surface area (Å²) in [5.74, 6) is 0.308. The standard InChI is InChI=1S/C23H31FN4O2/c1-30-22(29)27-21-8-3-7-20(21)23(16-28-14-4-11-26-28,17-9-12-25-13-10-17)18-5-2-6-19(24)15-18/h2,4-6,11,14-15,17,20-21,25H,3,7-10,12-13,16H2,1H3,(H,27,29)/t20-,21-,23-/m0/s1. The molecule has 0 radical (unpaired) electrons. The Hall–Kier alpha value is -2.41. The third-order valence-electron chi connectivity index (χ3n) is 7.08. The van der Waals surface area contributed by atoms with E-state index in [4.69, 9.17) is 4.74 Å². The van der Waals surface area contributed by atoms with Gasteiger partial charge in [-0.3, -0.25) is 4.68 Å². The largest absolute Gasteiger partial charge is 0.453 e. The third kappa shape index (κ3) is 4.08. The van der Waals surface area contributed by atoms with Crippen molar-refractivity contribution in [3.63, 3.8) is 0 Å². The predicted octanol–water partition coefficient (Wildman–Crippen LogP) is 3.48. The maximum absolute atomic E-state index is 14.5. The van der Waals surface area contributed by atoms with E-state index < -0.39 is 6.09 Å². The minimum Gasteiger partial charge on any atom is -0.453 e. The second kappa shape index (κ2) is 9.16. The van der Waals surface area contributed by atoms with Crippen molar-refractivity contribution in [1.29, 1.82) is 0 Å². The Morgan fingerprint density at radius 2 is 2.13 bits per heavy atom. The van der Waals surface area contributed by atoms with Gasteiger partial charge in [0.05, 0.1) is 13.7 Å². The maximum Gasteiger partial charge on any atom is 0.407 e. The fraction of sp³-hybridized carbons (Fsp3) is 0.565. The van der Waals surface area contributed by atoms with Gasteiger partial charge in [0.25, 0.3) is 0 Å². The summed E-state index contributed by atoms with van der Waals surface area (Å²) < 4.78 is 21.4. The number of hydrogen-bond acceptors (Lipinski definition) is 4. The monoisotopic (exact) mass is 414 g/mol. The van der Waals surface area contributed by atoms with Crippen molar-refractivity contribution in [2.75, 3.05) is 20.2 Å². The van der Waals surface area contributed by atoms with Crippen molar-refractivity contribution >= 4 is 6.09 Å². The van der Waals surface area contributed by atoms with Crippen molar-refractivity contribution in [3.8, 4) is 0 Å². The molecule has 1 aromatic carbocycles. The van der Waals surface area contributed by atoms with E-state index in [0.717, 1.165) is 50.8 Å². The van der Waals surface area contributed by atoms with Gasteiger partial charge in [0.1, 0.15) is 5.82 Å². The number of halogens is 1. The first-order chi connectivity index (χ1) is 14.6. The molecule has 0 bridgehead atoms. The number of carbonyl (C=O) groups is 1. The quantitative estimate of drug-likeness (QED) is 0.759. The lowest BCUT2D eigenvalue weighted by molar-refractivity contribution is 0.0888. The lowest BCUT2D eigenvalue weighted by Gasteiger charge is -2.49. The highest BCUT2D eigenvalue weighted by atomic mass is 19.1. The average Bonchev–Trinajstić information content (AvgIpc) is 3.45. The number of alkyl carbamates (subject to hydrolysis) is 1. The summed E-state index contributed by atoms with van der Waals surface area (Å²) in [6, 6.07) is 8.98. The molecule has 0 spiro atoms. The highest BCUT2D eigenvalue weighted by Crippen LogP contribution is 2.51. The first-order valence-electron chi connectivity index (χ1n) is 10.9. The highest BCUT2D eigenvalue weighted by Gasteiger charge is 2.52. The van der Waals surface area contributed by atoms with E-state index in [2.05, 4.69) is 21.8 Å². The molecule has 0 unspecified atom stereocenters. The molecular weight excluding hydrogens is 383 g/mol. The summed E-state index contributed by atoms with van der Waals surface area (Å²) >= 11 is 0. The zero-order chi connectivity index (χ0) is 21.0. The first-order valence-corrected chi connectivity index (χ1v) is 10.9. The van der Waals surface area contributed by atoms with Gasteiger partial charge in [-0.15, -0.1) is 0 Å². The summed E-state index contributed by atoms with van der Waals surface area (Å²) in [5.41, 5.74) is 0.673. The average molecular weight is 415 g/mol. The second-order valence-electron chi connectivity index (χ2n) is 8.56. The summed E-state index contributed by atoms with van der Waals surface area (Å²) in [5, 5.41) is 11.1. The van der Waals surface area contributed by atoms with Crippen LogP contribution in [0.4, 0.5) is 9.18 Å². The smallest absolute Gasteiger partial charge is 0.407 e. The van der Waals surface area contributed by atoms with Gasteiger partial charge in [-0.25, -0.2) is 9.18 Å². The molecule has 2 aromatic rings. The SMILES string of the molecule is COC(=O)N[C@H]1CCC[C@@H]1[C@](Cn1cccn1)(c1cccc(F)c1)C1CCNCC1. The van der Waals surface area contributed by atoms with Gasteiger partial charge in [0, 0.05) is 23.9 Å². The molecule has 3 atom stereocenters. The highest BCUT2D eigenvalue weighted by molar-refractivity contribution is 5.67. The van der Waals surface area contributed by atoms with E-state index in [1.54, 1.807) is 18.3 Å². The number of methoxy groups -OCH3 is 1. The van der Waals surface area contributed by atoms with Gasteiger partial charge in [-0.2, -0.15) is 5.10 Å². The zero-order valence-corrected chi connectivity index (χ0v) is 17.5. The molecule has 2 N–H and O–H groups in total. The molecule has 7 heteroatoms. The molecule has 1 aliphatic carbocycles. The number of hydrogen-bond donors (Lipinski definition) is 2. The molecule has 1 aliphatic heterocycles. The molecule has 6 nitrogen and oxygen atoms in total. The fourth-order valence-corrected chi connectivity index (χ4v) is 5.83. The van der Waals surface area contributed by atoms with Gasteiger partial charge >= 0.3 is 6.09 Å². The molecule has 1 amide bonds. The topological polar surface area (TPSA) is 68.2 Å². The normalized spacial score (nSPS) is 24.3. The van der Waals surface area contributed by atoms with E-state index in [9.17, 15) is 9.18 Å². The Kier molecular flexibility index (Phi) is 6.37. The molecule has 162 valence electrons. The molecule has 1 saturated heterocycles. The van der Waals surface area contributed by atoms with Crippen LogP contribution in [0.3, 0.4) is 0 Å². The van der Waals surface area contributed by atoms with Crippen molar-refractivity contribution in [1.82, 2.24) is 20.4 Å². The first kappa shape index (κ1) is 20.8. The Morgan fingerprint density at radius 1 is 1.30 bits per heavy atom. The molecule has 30 heavy (non-hydrogen) atoms. The van der Waals surface area contributed by atoms with Crippen molar-refractivity contribution in [2.45, 2.75) is 50.1 Å². The van der Waals surface area contributed by atoms with Gasteiger partial charge in [0.2, 0.25) is 0 Å². The minimum atomic E-state index is -0.399. The lowest BCUT2D eigenvalue weighted by Crippen LogP contribution is -2.54. The van der Waals surface area contributed by atoms with E-state index in [-0.39, 0.29) is 23.2 Å². The van der Waals surface area contributed by atoms with Crippen molar-refractivity contribution in [3.05, 3.63) is 54.1 Å². The summed E-state index contributed by atoms with van der Waals surface area (Å²) in [4.78, 5) is 12.1. The summed E-state index contributed by atoms with van der Waals surface area (Å²) in [7, 11) is 1.40. The van der Waals surface area contributed by atoms with E-state index >= 15 is 0 Å². The van der Waals surface area contributed by atoms with Crippen LogP contribution < -0.4 is 10.6 Å². The number of amides is 1. The van der Waals surface area contributed by atoms with Crippen LogP contribution in [0.2, 0.25) is 0 Å². The number of ether oxygens (including phenoxy) is 1. The van der Waals surface area contributed by atoms with E-state index in [1.807, 2.05) is 16.9 Å². The van der Waals surface area contributed by atoms with Crippen LogP contribution in [-0.2, 0) is 16.7 Å². The van der Waals surface area contributed by atoms with Crippen LogP contribution in [-0.4, -0.2) is 42.1 Å². The van der Waals surface area contributed by atoms with Crippen LogP contribution in [0, 0.1) is 17.7 Å². The zero-order valence-electron chi connectivity index (χ0n) is 17.5. The molecule has 2 fully saturated rings. The van der Waals surface area contributed by atoms with Crippen LogP contribution in [0.1, 0.15) is 37.7 Å². The van der Waals surface area contributed by atoms with Crippen LogP contribution in [0.15, 0.2) is 42.7 Å². The third-order valence-corrected chi connectivity index (χ3v) is 7.08. The summed E-state index contributed by atoms with van der Waals surface area (Å²) in [6.07, 6.45) is 8.31. The van der Waals surface area contributed by atoms with E-state index in [1.165, 1.54) is 13.2 Å². The van der Waals surface area contributed by atoms with Gasteiger partial charge in [0.15, 0.2) is 0 Å². The second-order valence-corrected chi connectivity index (χ2v) is 8.56. The lowest BCUT2D eigenvalue weighted by atomic mass is 9.58. The van der Waals surface area contributed by atoms with Crippen LogP contribution in [0.25, 0.3) is 0 Å². The van der Waals surface area contributed by atoms with Crippen LogP contribution in [0.5, 0.6) is 0 Å². The van der Waals surface area contributed by atoms with E-state index in [0.29, 0.717) is 12.5 Å². The van der Waals surface area contributed by atoms with Gasteiger partial charge in [-0.1, -0.05) is 18.6 Å². The number of nitrogens with zero attached hydrogens (tertiary/aromatic N) is 2. The molecule has 2 heterocycles. The number of aromatic nitrogens is 2. The summed E-state index contributed by atoms with van der Waals surface area (Å²) in [6.45, 7) is 2.56. The van der Waals surface area contributed by atoms with Crippen molar-refractivity contribution < 1.29 is 13.9 Å². The minimum absolute atomic E-state index is 0.00818. The molecule has 1 aromatic heterocycles. The fourth-order valence-electron chi connectivity index (χ4n) is 5.83.